The number of hydrogen-bond acceptors (Lipinski definition) is 5. The Kier molecular flexibility index (Phi) is 7.44. The van der Waals surface area contributed by atoms with E-state index in [-0.39, 0.29) is 5.41 Å². The minimum atomic E-state index is -0.156. The number of hydrogen-bond donors (Lipinski definition) is 2. The summed E-state index contributed by atoms with van der Waals surface area (Å²) < 4.78 is 11.0. The molecule has 0 radical (unpaired) electrons. The van der Waals surface area contributed by atoms with Gasteiger partial charge in [0.1, 0.15) is 12.3 Å². The van der Waals surface area contributed by atoms with Gasteiger partial charge in [0.2, 0.25) is 5.89 Å². The lowest BCUT2D eigenvalue weighted by Crippen LogP contribution is -2.38. The number of guanidine groups is 1. The number of ether oxygens (including phenoxy) is 1. The van der Waals surface area contributed by atoms with Crippen molar-refractivity contribution in [3.8, 4) is 5.75 Å². The van der Waals surface area contributed by atoms with Crippen molar-refractivity contribution in [1.82, 2.24) is 20.8 Å². The third-order valence-corrected chi connectivity index (χ3v) is 3.46. The molecule has 0 saturated carbocycles. The zero-order chi connectivity index (χ0) is 18.8. The van der Waals surface area contributed by atoms with Gasteiger partial charge in [0.25, 0.3) is 0 Å². The van der Waals surface area contributed by atoms with Gasteiger partial charge in [-0.2, -0.15) is 4.98 Å². The topological polar surface area (TPSA) is 84.6 Å². The lowest BCUT2D eigenvalue weighted by molar-refractivity contribution is 0.311. The molecule has 7 nitrogen and oxygen atoms in total. The van der Waals surface area contributed by atoms with E-state index in [1.54, 1.807) is 0 Å². The molecule has 0 spiro atoms. The van der Waals surface area contributed by atoms with Crippen molar-refractivity contribution < 1.29 is 9.26 Å². The van der Waals surface area contributed by atoms with Crippen LogP contribution in [0.3, 0.4) is 0 Å². The van der Waals surface area contributed by atoms with Gasteiger partial charge in [-0.15, -0.1) is 0 Å². The predicted molar refractivity (Wildman–Crippen MR) is 102 cm³/mol. The first-order valence-electron chi connectivity index (χ1n) is 9.02. The second-order valence-electron chi connectivity index (χ2n) is 6.90. The van der Waals surface area contributed by atoms with Crippen molar-refractivity contribution >= 4 is 5.96 Å². The van der Waals surface area contributed by atoms with Gasteiger partial charge in [0.15, 0.2) is 11.8 Å². The Balaban J connectivity index is 1.76. The number of nitrogens with zero attached hydrogens (tertiary/aromatic N) is 3. The van der Waals surface area contributed by atoms with Crippen molar-refractivity contribution in [2.45, 2.75) is 46.1 Å². The normalized spacial score (nSPS) is 12.1. The first kappa shape index (κ1) is 19.8. The molecule has 26 heavy (non-hydrogen) atoms. The summed E-state index contributed by atoms with van der Waals surface area (Å²) in [5.41, 5.74) is -0.156. The molecule has 0 aliphatic carbocycles. The minimum absolute atomic E-state index is 0.156. The largest absolute Gasteiger partial charge is 0.494 e. The van der Waals surface area contributed by atoms with Crippen LogP contribution < -0.4 is 15.4 Å². The van der Waals surface area contributed by atoms with Gasteiger partial charge in [-0.05, 0) is 25.5 Å². The van der Waals surface area contributed by atoms with Gasteiger partial charge < -0.3 is 19.9 Å². The summed E-state index contributed by atoms with van der Waals surface area (Å²) in [6.07, 6.45) is 0.871. The summed E-state index contributed by atoms with van der Waals surface area (Å²) in [5, 5.41) is 10.5. The molecular formula is C19H29N5O2. The van der Waals surface area contributed by atoms with E-state index in [1.807, 2.05) is 58.0 Å². The quantitative estimate of drug-likeness (QED) is 0.428. The average Bonchev–Trinajstić information content (AvgIpc) is 3.09. The molecule has 0 aliphatic rings. The van der Waals surface area contributed by atoms with Crippen LogP contribution in [0.25, 0.3) is 0 Å². The molecule has 2 N–H and O–H groups in total. The summed E-state index contributed by atoms with van der Waals surface area (Å²) in [5.74, 6) is 2.83. The molecular weight excluding hydrogens is 330 g/mol. The van der Waals surface area contributed by atoms with Crippen molar-refractivity contribution in [3.63, 3.8) is 0 Å². The smallest absolute Gasteiger partial charge is 0.232 e. The number of para-hydroxylation sites is 1. The van der Waals surface area contributed by atoms with Crippen LogP contribution in [0.2, 0.25) is 0 Å². The predicted octanol–water partition coefficient (Wildman–Crippen LogP) is 2.89. The maximum absolute atomic E-state index is 5.68. The standard InChI is InChI=1S/C19H29N5O2/c1-5-20-18(21-12-9-13-25-15-10-7-6-8-11-15)22-14-16-23-17(26-24-16)19(2,3)4/h6-8,10-11H,5,9,12-14H2,1-4H3,(H2,20,21,22). The van der Waals surface area contributed by atoms with Crippen molar-refractivity contribution in [2.24, 2.45) is 4.99 Å². The summed E-state index contributed by atoms with van der Waals surface area (Å²) in [7, 11) is 0. The third-order valence-electron chi connectivity index (χ3n) is 3.46. The second-order valence-corrected chi connectivity index (χ2v) is 6.90. The summed E-state index contributed by atoms with van der Waals surface area (Å²) >= 11 is 0. The van der Waals surface area contributed by atoms with Crippen molar-refractivity contribution in [1.29, 1.82) is 0 Å². The third kappa shape index (κ3) is 6.74. The molecule has 1 heterocycles. The fourth-order valence-corrected chi connectivity index (χ4v) is 2.10. The van der Waals surface area contributed by atoms with E-state index in [2.05, 4.69) is 25.8 Å². The fraction of sp³-hybridized carbons (Fsp3) is 0.526. The summed E-state index contributed by atoms with van der Waals surface area (Å²) in [4.78, 5) is 8.90. The Labute approximate surface area is 155 Å². The Morgan fingerprint density at radius 3 is 2.62 bits per heavy atom. The molecule has 0 atom stereocenters. The Bertz CT molecular complexity index is 677. The highest BCUT2D eigenvalue weighted by atomic mass is 16.5. The summed E-state index contributed by atoms with van der Waals surface area (Å²) in [6, 6.07) is 9.81. The molecule has 2 aromatic rings. The molecule has 1 aromatic carbocycles. The number of rotatable bonds is 8. The molecule has 0 fully saturated rings. The van der Waals surface area contributed by atoms with Crippen molar-refractivity contribution in [3.05, 3.63) is 42.0 Å². The Morgan fingerprint density at radius 1 is 1.19 bits per heavy atom. The van der Waals surface area contributed by atoms with E-state index in [4.69, 9.17) is 9.26 Å². The first-order valence-corrected chi connectivity index (χ1v) is 9.02. The van der Waals surface area contributed by atoms with Gasteiger partial charge in [0.05, 0.1) is 6.61 Å². The Morgan fingerprint density at radius 2 is 1.96 bits per heavy atom. The lowest BCUT2D eigenvalue weighted by atomic mass is 9.97. The van der Waals surface area contributed by atoms with Gasteiger partial charge in [-0.25, -0.2) is 4.99 Å². The lowest BCUT2D eigenvalue weighted by Gasteiger charge is -2.11. The molecule has 2 rings (SSSR count). The first-order chi connectivity index (χ1) is 12.5. The van der Waals surface area contributed by atoms with Crippen LogP contribution in [0, 0.1) is 0 Å². The van der Waals surface area contributed by atoms with Crippen LogP contribution in [0.5, 0.6) is 5.75 Å². The molecule has 0 saturated heterocycles. The fourth-order valence-electron chi connectivity index (χ4n) is 2.10. The van der Waals surface area contributed by atoms with Crippen molar-refractivity contribution in [2.75, 3.05) is 19.7 Å². The van der Waals surface area contributed by atoms with Gasteiger partial charge in [0, 0.05) is 18.5 Å². The molecule has 0 unspecified atom stereocenters. The van der Waals surface area contributed by atoms with E-state index in [1.165, 1.54) is 0 Å². The highest BCUT2D eigenvalue weighted by molar-refractivity contribution is 5.79. The number of aliphatic imine (C=N–C) groups is 1. The van der Waals surface area contributed by atoms with Crippen LogP contribution >= 0.6 is 0 Å². The Hall–Kier alpha value is -2.57. The maximum atomic E-state index is 5.68. The molecule has 0 aliphatic heterocycles. The van der Waals surface area contributed by atoms with E-state index in [0.29, 0.717) is 24.9 Å². The highest BCUT2D eigenvalue weighted by Crippen LogP contribution is 2.19. The van der Waals surface area contributed by atoms with Crippen LogP contribution in [-0.2, 0) is 12.0 Å². The minimum Gasteiger partial charge on any atom is -0.494 e. The molecule has 7 heteroatoms. The van der Waals surface area contributed by atoms with E-state index in [9.17, 15) is 0 Å². The van der Waals surface area contributed by atoms with Crippen LogP contribution in [0.1, 0.15) is 45.8 Å². The number of nitrogens with one attached hydrogen (secondary N) is 2. The second kappa shape index (κ2) is 9.79. The van der Waals surface area contributed by atoms with E-state index < -0.39 is 0 Å². The molecule has 142 valence electrons. The van der Waals surface area contributed by atoms with E-state index >= 15 is 0 Å². The van der Waals surface area contributed by atoms with Crippen LogP contribution in [0.4, 0.5) is 0 Å². The highest BCUT2D eigenvalue weighted by Gasteiger charge is 2.21. The average molecular weight is 359 g/mol. The van der Waals surface area contributed by atoms with E-state index in [0.717, 1.165) is 31.2 Å². The molecule has 0 amide bonds. The van der Waals surface area contributed by atoms with Gasteiger partial charge >= 0.3 is 0 Å². The summed E-state index contributed by atoms with van der Waals surface area (Å²) in [6.45, 7) is 10.7. The number of benzene rings is 1. The molecule has 1 aromatic heterocycles. The monoisotopic (exact) mass is 359 g/mol. The SMILES string of the molecule is CCNC(=NCc1noc(C(C)(C)C)n1)NCCCOc1ccccc1. The van der Waals surface area contributed by atoms with Gasteiger partial charge in [-0.3, -0.25) is 0 Å². The van der Waals surface area contributed by atoms with Crippen LogP contribution in [-0.4, -0.2) is 35.8 Å². The van der Waals surface area contributed by atoms with Gasteiger partial charge in [-0.1, -0.05) is 44.1 Å². The zero-order valence-electron chi connectivity index (χ0n) is 16.1. The number of aromatic nitrogens is 2. The zero-order valence-corrected chi connectivity index (χ0v) is 16.1. The maximum Gasteiger partial charge on any atom is 0.232 e. The van der Waals surface area contributed by atoms with Crippen LogP contribution in [0.15, 0.2) is 39.8 Å². The molecule has 0 bridgehead atoms.